The highest BCUT2D eigenvalue weighted by Gasteiger charge is 2.17. The first kappa shape index (κ1) is 22.2. The van der Waals surface area contributed by atoms with Crippen LogP contribution in [0.3, 0.4) is 0 Å². The SMILES string of the molecule is COCCCn1c(SCc2cn3cccc(C)c3n2)nnc1-c1ccc(OC)c(OC)c1. The lowest BCUT2D eigenvalue weighted by Gasteiger charge is -2.12. The number of aryl methyl sites for hydroxylation is 1. The van der Waals surface area contributed by atoms with Crippen molar-refractivity contribution < 1.29 is 14.2 Å². The van der Waals surface area contributed by atoms with Gasteiger partial charge in [0.15, 0.2) is 22.5 Å². The van der Waals surface area contributed by atoms with E-state index in [9.17, 15) is 0 Å². The van der Waals surface area contributed by atoms with E-state index >= 15 is 0 Å². The van der Waals surface area contributed by atoms with Crippen LogP contribution in [0.25, 0.3) is 17.0 Å². The third-order valence-corrected chi connectivity index (χ3v) is 6.17. The molecule has 0 aliphatic heterocycles. The van der Waals surface area contributed by atoms with Gasteiger partial charge in [0, 0.05) is 44.0 Å². The van der Waals surface area contributed by atoms with Crippen molar-refractivity contribution >= 4 is 17.4 Å². The number of imidazole rings is 1. The number of nitrogens with zero attached hydrogens (tertiary/aromatic N) is 5. The Kier molecular flexibility index (Phi) is 6.96. The van der Waals surface area contributed by atoms with Crippen molar-refractivity contribution in [3.63, 3.8) is 0 Å². The molecule has 0 aliphatic carbocycles. The molecule has 0 N–H and O–H groups in total. The fraction of sp³-hybridized carbons (Fsp3) is 0.348. The quantitative estimate of drug-likeness (QED) is 0.262. The van der Waals surface area contributed by atoms with E-state index in [0.29, 0.717) is 23.9 Å². The summed E-state index contributed by atoms with van der Waals surface area (Å²) in [7, 11) is 4.96. The minimum atomic E-state index is 0.658. The molecule has 0 saturated carbocycles. The molecule has 168 valence electrons. The van der Waals surface area contributed by atoms with Gasteiger partial charge >= 0.3 is 0 Å². The normalized spacial score (nSPS) is 11.2. The van der Waals surface area contributed by atoms with Gasteiger partial charge in [0.2, 0.25) is 0 Å². The summed E-state index contributed by atoms with van der Waals surface area (Å²) in [6, 6.07) is 9.88. The van der Waals surface area contributed by atoms with E-state index < -0.39 is 0 Å². The van der Waals surface area contributed by atoms with Crippen LogP contribution in [0.4, 0.5) is 0 Å². The average Bonchev–Trinajstić information content (AvgIpc) is 3.42. The van der Waals surface area contributed by atoms with Crippen molar-refractivity contribution in [1.29, 1.82) is 0 Å². The zero-order valence-corrected chi connectivity index (χ0v) is 19.6. The predicted octanol–water partition coefficient (Wildman–Crippen LogP) is 4.25. The number of hydrogen-bond donors (Lipinski definition) is 0. The highest BCUT2D eigenvalue weighted by molar-refractivity contribution is 7.98. The zero-order valence-electron chi connectivity index (χ0n) is 18.7. The molecule has 0 saturated heterocycles. The Bertz CT molecular complexity index is 1200. The van der Waals surface area contributed by atoms with Gasteiger partial charge in [-0.2, -0.15) is 0 Å². The van der Waals surface area contributed by atoms with E-state index in [1.165, 1.54) is 0 Å². The van der Waals surface area contributed by atoms with Crippen LogP contribution in [-0.4, -0.2) is 52.1 Å². The Balaban J connectivity index is 1.61. The maximum Gasteiger partial charge on any atom is 0.191 e. The van der Waals surface area contributed by atoms with E-state index in [1.54, 1.807) is 33.1 Å². The second kappa shape index (κ2) is 10.1. The minimum Gasteiger partial charge on any atom is -0.493 e. The summed E-state index contributed by atoms with van der Waals surface area (Å²) >= 11 is 1.63. The van der Waals surface area contributed by atoms with E-state index in [2.05, 4.69) is 38.4 Å². The Morgan fingerprint density at radius 2 is 1.88 bits per heavy atom. The molecule has 0 atom stereocenters. The number of aromatic nitrogens is 5. The molecule has 8 nitrogen and oxygen atoms in total. The summed E-state index contributed by atoms with van der Waals surface area (Å²) in [4.78, 5) is 4.77. The zero-order chi connectivity index (χ0) is 22.5. The standard InChI is InChI=1S/C23H27N5O3S/c1-16-7-5-10-27-14-18(24-21(16)27)15-32-23-26-25-22(28(23)11-6-12-29-2)17-8-9-19(30-3)20(13-17)31-4/h5,7-10,13-14H,6,11-12,15H2,1-4H3. The van der Waals surface area contributed by atoms with Crippen LogP contribution in [0.1, 0.15) is 17.7 Å². The van der Waals surface area contributed by atoms with Crippen molar-refractivity contribution in [1.82, 2.24) is 24.1 Å². The Morgan fingerprint density at radius 3 is 2.62 bits per heavy atom. The summed E-state index contributed by atoms with van der Waals surface area (Å²) in [6.07, 6.45) is 4.94. The van der Waals surface area contributed by atoms with Gasteiger partial charge in [-0.3, -0.25) is 0 Å². The van der Waals surface area contributed by atoms with E-state index in [-0.39, 0.29) is 0 Å². The second-order valence-corrected chi connectivity index (χ2v) is 8.26. The highest BCUT2D eigenvalue weighted by Crippen LogP contribution is 2.33. The van der Waals surface area contributed by atoms with Crippen molar-refractivity contribution in [3.8, 4) is 22.9 Å². The molecule has 3 aromatic heterocycles. The molecule has 4 rings (SSSR count). The maximum atomic E-state index is 5.47. The van der Waals surface area contributed by atoms with Crippen LogP contribution in [0.5, 0.6) is 11.5 Å². The summed E-state index contributed by atoms with van der Waals surface area (Å²) in [5.74, 6) is 2.83. The Hall–Kier alpha value is -3.04. The number of pyridine rings is 1. The van der Waals surface area contributed by atoms with Gasteiger partial charge in [0.1, 0.15) is 5.65 Å². The van der Waals surface area contributed by atoms with E-state index in [1.807, 2.05) is 30.5 Å². The monoisotopic (exact) mass is 453 g/mol. The summed E-state index contributed by atoms with van der Waals surface area (Å²) in [6.45, 7) is 3.48. The molecule has 1 aromatic carbocycles. The molecular weight excluding hydrogens is 426 g/mol. The summed E-state index contributed by atoms with van der Waals surface area (Å²) in [5, 5.41) is 9.83. The number of fused-ring (bicyclic) bond motifs is 1. The van der Waals surface area contributed by atoms with Gasteiger partial charge in [-0.15, -0.1) is 10.2 Å². The van der Waals surface area contributed by atoms with Gasteiger partial charge in [0.05, 0.1) is 19.9 Å². The molecule has 0 spiro atoms. The number of methoxy groups -OCH3 is 3. The van der Waals surface area contributed by atoms with Gasteiger partial charge in [-0.25, -0.2) is 4.98 Å². The Morgan fingerprint density at radius 1 is 1.03 bits per heavy atom. The predicted molar refractivity (Wildman–Crippen MR) is 125 cm³/mol. The third kappa shape index (κ3) is 4.58. The van der Waals surface area contributed by atoms with Crippen molar-refractivity contribution in [2.75, 3.05) is 27.9 Å². The summed E-state index contributed by atoms with van der Waals surface area (Å²) in [5.41, 5.74) is 4.06. The molecule has 0 radical (unpaired) electrons. The van der Waals surface area contributed by atoms with Crippen molar-refractivity contribution in [2.24, 2.45) is 0 Å². The van der Waals surface area contributed by atoms with Gasteiger partial charge in [-0.1, -0.05) is 17.8 Å². The van der Waals surface area contributed by atoms with Crippen LogP contribution in [-0.2, 0) is 17.0 Å². The lowest BCUT2D eigenvalue weighted by molar-refractivity contribution is 0.189. The Labute approximate surface area is 191 Å². The topological polar surface area (TPSA) is 75.7 Å². The van der Waals surface area contributed by atoms with Crippen molar-refractivity contribution in [2.45, 2.75) is 30.8 Å². The number of thioether (sulfide) groups is 1. The van der Waals surface area contributed by atoms with E-state index in [0.717, 1.165) is 46.4 Å². The highest BCUT2D eigenvalue weighted by atomic mass is 32.2. The molecule has 0 unspecified atom stereocenters. The third-order valence-electron chi connectivity index (χ3n) is 5.17. The molecule has 0 amide bonds. The maximum absolute atomic E-state index is 5.47. The molecule has 0 bridgehead atoms. The number of benzene rings is 1. The largest absolute Gasteiger partial charge is 0.493 e. The molecule has 4 aromatic rings. The molecule has 9 heteroatoms. The molecular formula is C23H27N5O3S. The van der Waals surface area contributed by atoms with Gasteiger partial charge in [0.25, 0.3) is 0 Å². The molecule has 0 fully saturated rings. The first-order valence-corrected chi connectivity index (χ1v) is 11.3. The summed E-state index contributed by atoms with van der Waals surface area (Å²) < 4.78 is 20.3. The van der Waals surface area contributed by atoms with E-state index in [4.69, 9.17) is 19.2 Å². The van der Waals surface area contributed by atoms with Crippen LogP contribution in [0.15, 0.2) is 47.9 Å². The van der Waals surface area contributed by atoms with Crippen LogP contribution in [0.2, 0.25) is 0 Å². The number of rotatable bonds is 10. The first-order valence-electron chi connectivity index (χ1n) is 10.3. The fourth-order valence-electron chi connectivity index (χ4n) is 3.57. The lowest BCUT2D eigenvalue weighted by Crippen LogP contribution is -2.05. The van der Waals surface area contributed by atoms with Crippen LogP contribution >= 0.6 is 11.8 Å². The van der Waals surface area contributed by atoms with Gasteiger partial charge < -0.3 is 23.2 Å². The smallest absolute Gasteiger partial charge is 0.191 e. The first-order chi connectivity index (χ1) is 15.6. The number of ether oxygens (including phenoxy) is 3. The van der Waals surface area contributed by atoms with Gasteiger partial charge in [-0.05, 0) is 43.2 Å². The average molecular weight is 454 g/mol. The molecule has 3 heterocycles. The fourth-order valence-corrected chi connectivity index (χ4v) is 4.41. The molecule has 32 heavy (non-hydrogen) atoms. The minimum absolute atomic E-state index is 0.658. The van der Waals surface area contributed by atoms with Crippen LogP contribution < -0.4 is 9.47 Å². The van der Waals surface area contributed by atoms with Crippen LogP contribution in [0, 0.1) is 6.92 Å². The lowest BCUT2D eigenvalue weighted by atomic mass is 10.2. The second-order valence-electron chi connectivity index (χ2n) is 7.32. The number of hydrogen-bond acceptors (Lipinski definition) is 7. The van der Waals surface area contributed by atoms with Crippen molar-refractivity contribution in [3.05, 3.63) is 54.0 Å². The molecule has 0 aliphatic rings.